The molecule has 0 bridgehead atoms. The molecule has 1 aliphatic rings. The van der Waals surface area contributed by atoms with Crippen LogP contribution >= 0.6 is 24.8 Å². The topological polar surface area (TPSA) is 100 Å². The minimum atomic E-state index is -0.561. The largest absolute Gasteiger partial charge is 0.427 e. The fraction of sp³-hybridized carbons (Fsp3) is 0.471. The number of H-pyrrole nitrogens is 1. The number of nitrogens with one attached hydrogen (secondary N) is 3. The smallest absolute Gasteiger partial charge is 0.349 e. The van der Waals surface area contributed by atoms with Crippen LogP contribution in [0.4, 0.5) is 0 Å². The highest BCUT2D eigenvalue weighted by Gasteiger charge is 2.22. The molecular formula is C17H24Cl2N4O3. The number of nitrogens with zero attached hydrogens (tertiary/aromatic N) is 1. The zero-order valence-electron chi connectivity index (χ0n) is 14.5. The van der Waals surface area contributed by atoms with Crippen molar-refractivity contribution in [3.63, 3.8) is 0 Å². The normalized spacial score (nSPS) is 16.3. The number of imidazole rings is 1. The van der Waals surface area contributed by atoms with Gasteiger partial charge in [0.1, 0.15) is 11.3 Å². The Morgan fingerprint density at radius 1 is 1.42 bits per heavy atom. The van der Waals surface area contributed by atoms with Crippen molar-refractivity contribution in [2.75, 3.05) is 19.6 Å². The van der Waals surface area contributed by atoms with Gasteiger partial charge in [-0.3, -0.25) is 4.79 Å². The first-order chi connectivity index (χ1) is 11.6. The van der Waals surface area contributed by atoms with E-state index in [1.165, 1.54) is 0 Å². The Kier molecular flexibility index (Phi) is 8.84. The Hall–Kier alpha value is -1.83. The number of carbonyl (C=O) groups is 1. The summed E-state index contributed by atoms with van der Waals surface area (Å²) in [6.45, 7) is 4.00. The summed E-state index contributed by atoms with van der Waals surface area (Å²) in [7, 11) is 0. The van der Waals surface area contributed by atoms with Gasteiger partial charge >= 0.3 is 5.63 Å². The Balaban J connectivity index is 0.00000169. The molecule has 9 heteroatoms. The van der Waals surface area contributed by atoms with Crippen LogP contribution in [0.1, 0.15) is 46.1 Å². The van der Waals surface area contributed by atoms with Crippen molar-refractivity contribution in [2.24, 2.45) is 0 Å². The molecule has 26 heavy (non-hydrogen) atoms. The number of carbonyl (C=O) groups excluding carboxylic acids is 1. The van der Waals surface area contributed by atoms with Gasteiger partial charge in [-0.1, -0.05) is 0 Å². The van der Waals surface area contributed by atoms with Crippen molar-refractivity contribution in [3.05, 3.63) is 51.6 Å². The Labute approximate surface area is 164 Å². The molecule has 0 radical (unpaired) electrons. The minimum Gasteiger partial charge on any atom is -0.427 e. The van der Waals surface area contributed by atoms with Crippen molar-refractivity contribution >= 4 is 30.7 Å². The molecule has 1 unspecified atom stereocenters. The van der Waals surface area contributed by atoms with Gasteiger partial charge < -0.3 is 20.0 Å². The lowest BCUT2D eigenvalue weighted by atomic mass is 9.95. The number of aromatic nitrogens is 2. The van der Waals surface area contributed by atoms with E-state index in [0.29, 0.717) is 24.3 Å². The van der Waals surface area contributed by atoms with Crippen molar-refractivity contribution in [2.45, 2.75) is 32.1 Å². The van der Waals surface area contributed by atoms with E-state index in [0.717, 1.165) is 31.6 Å². The first kappa shape index (κ1) is 22.2. The Morgan fingerprint density at radius 2 is 2.23 bits per heavy atom. The molecule has 1 atom stereocenters. The van der Waals surface area contributed by atoms with Gasteiger partial charge in [0, 0.05) is 37.3 Å². The van der Waals surface area contributed by atoms with Crippen LogP contribution < -0.4 is 16.3 Å². The lowest BCUT2D eigenvalue weighted by Crippen LogP contribution is -2.32. The fourth-order valence-electron chi connectivity index (χ4n) is 3.02. The quantitative estimate of drug-likeness (QED) is 0.709. The molecule has 1 saturated heterocycles. The third kappa shape index (κ3) is 5.33. The van der Waals surface area contributed by atoms with Gasteiger partial charge in [0.25, 0.3) is 5.91 Å². The maximum absolute atomic E-state index is 12.3. The van der Waals surface area contributed by atoms with E-state index in [1.54, 1.807) is 19.4 Å². The number of amides is 1. The Bertz CT molecular complexity index is 756. The van der Waals surface area contributed by atoms with Gasteiger partial charge in [0.05, 0.1) is 6.33 Å². The van der Waals surface area contributed by atoms with Gasteiger partial charge in [-0.25, -0.2) is 9.78 Å². The average molecular weight is 403 g/mol. The van der Waals surface area contributed by atoms with Crippen LogP contribution in [0.5, 0.6) is 0 Å². The first-order valence-corrected chi connectivity index (χ1v) is 8.26. The van der Waals surface area contributed by atoms with Crippen LogP contribution in [-0.2, 0) is 6.42 Å². The highest BCUT2D eigenvalue weighted by atomic mass is 35.5. The summed E-state index contributed by atoms with van der Waals surface area (Å²) in [4.78, 5) is 31.5. The molecule has 0 aromatic carbocycles. The molecule has 144 valence electrons. The lowest BCUT2D eigenvalue weighted by molar-refractivity contribution is 0.0948. The van der Waals surface area contributed by atoms with E-state index in [9.17, 15) is 9.59 Å². The number of rotatable bonds is 5. The summed E-state index contributed by atoms with van der Waals surface area (Å²) in [5, 5.41) is 6.06. The zero-order valence-corrected chi connectivity index (χ0v) is 16.2. The summed E-state index contributed by atoms with van der Waals surface area (Å²) in [5.41, 5.74) is 1.12. The van der Waals surface area contributed by atoms with E-state index in [-0.39, 0.29) is 36.3 Å². The highest BCUT2D eigenvalue weighted by Crippen LogP contribution is 2.23. The first-order valence-electron chi connectivity index (χ1n) is 8.26. The number of halogens is 2. The fourth-order valence-corrected chi connectivity index (χ4v) is 3.02. The molecular weight excluding hydrogens is 379 g/mol. The molecule has 2 aromatic heterocycles. The molecule has 7 nitrogen and oxygen atoms in total. The van der Waals surface area contributed by atoms with Gasteiger partial charge in [-0.2, -0.15) is 0 Å². The monoisotopic (exact) mass is 402 g/mol. The van der Waals surface area contributed by atoms with Crippen LogP contribution in [0.2, 0.25) is 0 Å². The van der Waals surface area contributed by atoms with E-state index in [4.69, 9.17) is 4.42 Å². The maximum Gasteiger partial charge on any atom is 0.349 e. The zero-order chi connectivity index (χ0) is 16.9. The highest BCUT2D eigenvalue weighted by molar-refractivity contribution is 5.95. The molecule has 0 saturated carbocycles. The van der Waals surface area contributed by atoms with Crippen LogP contribution in [-0.4, -0.2) is 35.5 Å². The van der Waals surface area contributed by atoms with Crippen LogP contribution in [0, 0.1) is 6.92 Å². The minimum absolute atomic E-state index is 0. The van der Waals surface area contributed by atoms with E-state index in [2.05, 4.69) is 20.6 Å². The molecule has 2 aromatic rings. The third-order valence-corrected chi connectivity index (χ3v) is 4.33. The molecule has 3 rings (SSSR count). The summed E-state index contributed by atoms with van der Waals surface area (Å²) < 4.78 is 5.43. The van der Waals surface area contributed by atoms with Gasteiger partial charge in [-0.15, -0.1) is 24.8 Å². The predicted molar refractivity (Wildman–Crippen MR) is 104 cm³/mol. The summed E-state index contributed by atoms with van der Waals surface area (Å²) >= 11 is 0. The molecule has 1 aliphatic heterocycles. The number of hydrogen-bond donors (Lipinski definition) is 3. The van der Waals surface area contributed by atoms with Crippen LogP contribution in [0.15, 0.2) is 27.8 Å². The van der Waals surface area contributed by atoms with Crippen molar-refractivity contribution in [1.29, 1.82) is 0 Å². The maximum atomic E-state index is 12.3. The van der Waals surface area contributed by atoms with Gasteiger partial charge in [0.15, 0.2) is 0 Å². The molecule has 1 fully saturated rings. The SMILES string of the molecule is Cc1cc(C2CCCNC2)oc(=O)c1C(=O)NCCc1cnc[nH]1.Cl.Cl. The second-order valence-electron chi connectivity index (χ2n) is 6.12. The van der Waals surface area contributed by atoms with Crippen molar-refractivity contribution in [3.8, 4) is 0 Å². The lowest BCUT2D eigenvalue weighted by Gasteiger charge is -2.22. The number of aromatic amines is 1. The van der Waals surface area contributed by atoms with Crippen molar-refractivity contribution < 1.29 is 9.21 Å². The van der Waals surface area contributed by atoms with Gasteiger partial charge in [-0.05, 0) is 37.9 Å². The van der Waals surface area contributed by atoms with E-state index in [1.807, 2.05) is 6.07 Å². The van der Waals surface area contributed by atoms with Gasteiger partial charge in [0.2, 0.25) is 0 Å². The second-order valence-corrected chi connectivity index (χ2v) is 6.12. The summed E-state index contributed by atoms with van der Waals surface area (Å²) in [6, 6.07) is 1.82. The average Bonchev–Trinajstić information content (AvgIpc) is 3.08. The molecule has 3 N–H and O–H groups in total. The molecule has 3 heterocycles. The molecule has 0 spiro atoms. The predicted octanol–water partition coefficient (Wildman–Crippen LogP) is 1.95. The number of hydrogen-bond acceptors (Lipinski definition) is 5. The number of piperidine rings is 1. The second kappa shape index (κ2) is 10.4. The van der Waals surface area contributed by atoms with Crippen LogP contribution in [0.3, 0.4) is 0 Å². The van der Waals surface area contributed by atoms with E-state index < -0.39 is 11.5 Å². The van der Waals surface area contributed by atoms with Crippen LogP contribution in [0.25, 0.3) is 0 Å². The standard InChI is InChI=1S/C17H22N4O3.2ClH/c1-11-7-14(12-3-2-5-18-8-12)24-17(23)15(11)16(22)20-6-4-13-9-19-10-21-13;;/h7,9-10,12,18H,2-6,8H2,1H3,(H,19,21)(H,20,22);2*1H. The molecule has 1 amide bonds. The summed E-state index contributed by atoms with van der Waals surface area (Å²) in [5.74, 6) is 0.468. The van der Waals surface area contributed by atoms with Crippen molar-refractivity contribution in [1.82, 2.24) is 20.6 Å². The third-order valence-electron chi connectivity index (χ3n) is 4.33. The Morgan fingerprint density at radius 3 is 2.85 bits per heavy atom. The van der Waals surface area contributed by atoms with E-state index >= 15 is 0 Å². The summed E-state index contributed by atoms with van der Waals surface area (Å²) in [6.07, 6.45) is 5.98. The molecule has 0 aliphatic carbocycles. The number of aryl methyl sites for hydroxylation is 1.